The number of nitrogens with one attached hydrogen (secondary N) is 1. The summed E-state index contributed by atoms with van der Waals surface area (Å²) in [6.45, 7) is 17.6. The first-order valence-electron chi connectivity index (χ1n) is 25.1. The number of hydrogen-bond donors (Lipinski definition) is 2. The SMILES string of the molecule is C=C(CCCCCCCCCCCCCC)OO[C@@H]1[C@H](O)[C@@H](OOC(=C)CCCCCCCCCCCCCC)[C@@H](SC)O[C@@H]1[C@H](NC(=O)[C@@H]1C[C@@H](CCC)CN1C)[C@H](C)Cl. The Bertz CT molecular complexity index is 1130. The van der Waals surface area contributed by atoms with Gasteiger partial charge in [-0.1, -0.05) is 182 Å². The van der Waals surface area contributed by atoms with Crippen LogP contribution >= 0.6 is 23.4 Å². The lowest BCUT2D eigenvalue weighted by atomic mass is 9.92. The van der Waals surface area contributed by atoms with Gasteiger partial charge in [-0.15, -0.1) is 23.4 Å². The van der Waals surface area contributed by atoms with Crippen LogP contribution in [0, 0.1) is 5.92 Å². The molecule has 0 aliphatic carbocycles. The Kier molecular flexibility index (Phi) is 32.5. The second kappa shape index (κ2) is 35.3. The van der Waals surface area contributed by atoms with Gasteiger partial charge in [0.05, 0.1) is 17.5 Å². The van der Waals surface area contributed by atoms with E-state index in [1.807, 2.05) is 20.2 Å². The smallest absolute Gasteiger partial charge is 0.237 e. The molecule has 0 unspecified atom stereocenters. The molecule has 0 aromatic rings. The summed E-state index contributed by atoms with van der Waals surface area (Å²) in [5.41, 5.74) is -0.651. The van der Waals surface area contributed by atoms with Crippen molar-refractivity contribution in [3.8, 4) is 0 Å². The Labute approximate surface area is 383 Å². The Hall–Kier alpha value is -1.01. The molecule has 2 aliphatic rings. The largest absolute Gasteiger partial charge is 0.387 e. The quantitative estimate of drug-likeness (QED) is 0.0205. The zero-order valence-corrected chi connectivity index (χ0v) is 41.5. The molecule has 9 nitrogen and oxygen atoms in total. The summed E-state index contributed by atoms with van der Waals surface area (Å²) in [6.07, 6.45) is 32.5. The summed E-state index contributed by atoms with van der Waals surface area (Å²) in [6, 6.07) is -0.969. The molecule has 0 aromatic carbocycles. The van der Waals surface area contributed by atoms with E-state index < -0.39 is 41.3 Å². The van der Waals surface area contributed by atoms with Crippen LogP contribution in [0.3, 0.4) is 0 Å². The minimum Gasteiger partial charge on any atom is -0.387 e. The number of alkyl halides is 1. The third kappa shape index (κ3) is 23.7. The zero-order chi connectivity index (χ0) is 44.7. The highest BCUT2D eigenvalue weighted by atomic mass is 35.5. The number of carbonyl (C=O) groups excluding carboxylic acids is 1. The highest BCUT2D eigenvalue weighted by Gasteiger charge is 2.53. The summed E-state index contributed by atoms with van der Waals surface area (Å²) in [7, 11) is 2.00. The zero-order valence-electron chi connectivity index (χ0n) is 40.0. The molecular formula is C50H93ClN2O7S. The van der Waals surface area contributed by atoms with Crippen molar-refractivity contribution in [2.24, 2.45) is 5.92 Å². The Morgan fingerprint density at radius 1 is 0.738 bits per heavy atom. The minimum absolute atomic E-state index is 0.107. The summed E-state index contributed by atoms with van der Waals surface area (Å²) < 4.78 is 6.65. The van der Waals surface area contributed by atoms with Gasteiger partial charge in [0, 0.05) is 19.4 Å². The van der Waals surface area contributed by atoms with Crippen LogP contribution in [0.25, 0.3) is 0 Å². The average Bonchev–Trinajstić information content (AvgIpc) is 3.61. The van der Waals surface area contributed by atoms with Crippen LogP contribution in [-0.2, 0) is 29.1 Å². The first-order valence-corrected chi connectivity index (χ1v) is 26.8. The number of likely N-dealkylation sites (tertiary alicyclic amines) is 1. The van der Waals surface area contributed by atoms with E-state index in [1.54, 1.807) is 0 Å². The predicted molar refractivity (Wildman–Crippen MR) is 256 cm³/mol. The van der Waals surface area contributed by atoms with Crippen molar-refractivity contribution >= 4 is 29.3 Å². The van der Waals surface area contributed by atoms with Crippen molar-refractivity contribution in [3.63, 3.8) is 0 Å². The third-order valence-corrected chi connectivity index (χ3v) is 13.9. The molecule has 2 aliphatic heterocycles. The molecule has 61 heavy (non-hydrogen) atoms. The summed E-state index contributed by atoms with van der Waals surface area (Å²) >= 11 is 8.24. The van der Waals surface area contributed by atoms with E-state index in [9.17, 15) is 9.90 Å². The van der Waals surface area contributed by atoms with Gasteiger partial charge in [0.15, 0.2) is 12.2 Å². The number of aliphatic hydroxyl groups excluding tert-OH is 1. The van der Waals surface area contributed by atoms with Crippen molar-refractivity contribution in [2.45, 2.75) is 261 Å². The highest BCUT2D eigenvalue weighted by molar-refractivity contribution is 7.99. The molecule has 9 atom stereocenters. The number of amides is 1. The van der Waals surface area contributed by atoms with Gasteiger partial charge in [0.1, 0.15) is 29.2 Å². The number of carbonyl (C=O) groups is 1. The second-order valence-corrected chi connectivity index (χ2v) is 20.0. The normalized spacial score (nSPS) is 24.1. The van der Waals surface area contributed by atoms with E-state index in [0.29, 0.717) is 30.3 Å². The average molecular weight is 902 g/mol. The first kappa shape index (κ1) is 56.1. The third-order valence-electron chi connectivity index (χ3n) is 12.8. The van der Waals surface area contributed by atoms with Gasteiger partial charge in [-0.2, -0.15) is 9.78 Å². The number of rotatable bonds is 39. The van der Waals surface area contributed by atoms with Gasteiger partial charge in [-0.25, -0.2) is 0 Å². The number of halogens is 1. The van der Waals surface area contributed by atoms with E-state index in [1.165, 1.54) is 140 Å². The fourth-order valence-corrected chi connectivity index (χ4v) is 9.87. The Morgan fingerprint density at radius 2 is 1.16 bits per heavy atom. The minimum atomic E-state index is -1.24. The maximum atomic E-state index is 13.9. The number of hydrogen-bond acceptors (Lipinski definition) is 9. The molecule has 2 rings (SSSR count). The van der Waals surface area contributed by atoms with E-state index in [2.05, 4.69) is 44.1 Å². The molecule has 1 amide bonds. The second-order valence-electron chi connectivity index (χ2n) is 18.4. The van der Waals surface area contributed by atoms with Crippen LogP contribution in [0.1, 0.15) is 214 Å². The van der Waals surface area contributed by atoms with E-state index >= 15 is 0 Å². The van der Waals surface area contributed by atoms with Crippen molar-refractivity contribution in [3.05, 3.63) is 24.7 Å². The van der Waals surface area contributed by atoms with Crippen LogP contribution < -0.4 is 5.32 Å². The maximum Gasteiger partial charge on any atom is 0.237 e. The summed E-state index contributed by atoms with van der Waals surface area (Å²) in [5, 5.41) is 14.6. The van der Waals surface area contributed by atoms with Crippen molar-refractivity contribution in [1.82, 2.24) is 10.2 Å². The molecule has 2 heterocycles. The number of likely N-dealkylation sites (N-methyl/N-ethyl adjacent to an activating group) is 1. The topological polar surface area (TPSA) is 98.7 Å². The monoisotopic (exact) mass is 901 g/mol. The molecule has 2 N–H and O–H groups in total. The lowest BCUT2D eigenvalue weighted by Crippen LogP contribution is -2.66. The van der Waals surface area contributed by atoms with E-state index in [0.717, 1.165) is 51.5 Å². The first-order chi connectivity index (χ1) is 29.6. The molecule has 11 heteroatoms. The molecular weight excluding hydrogens is 808 g/mol. The Balaban J connectivity index is 1.96. The molecule has 0 spiro atoms. The molecule has 0 aromatic heterocycles. The number of aliphatic hydroxyl groups is 1. The molecule has 358 valence electrons. The standard InChI is InChI=1S/C50H93ClN2O7S/c1-9-12-14-16-18-20-22-24-26-28-30-32-35-39(4)57-59-47-45(54)48(60-58-40(5)36-33-31-29-27-25-23-21-19-17-15-13-10-2)50(61-8)56-46(47)44(41(6)51)52-49(55)43-37-42(34-11-3)38-53(43)7/h41-48,50,54H,4-5,9-38H2,1-3,6-8H3,(H,52,55)/t41-,42+,43-,44+,45-,46+,47+,48+,50+/m0/s1. The molecule has 0 radical (unpaired) electrons. The van der Waals surface area contributed by atoms with Crippen molar-refractivity contribution in [2.75, 3.05) is 19.8 Å². The van der Waals surface area contributed by atoms with Crippen LogP contribution in [0.5, 0.6) is 0 Å². The summed E-state index contributed by atoms with van der Waals surface area (Å²) in [5.74, 6) is 1.35. The number of nitrogens with zero attached hydrogens (tertiary/aromatic N) is 1. The van der Waals surface area contributed by atoms with Crippen LogP contribution in [0.4, 0.5) is 0 Å². The van der Waals surface area contributed by atoms with Crippen molar-refractivity contribution < 1.29 is 34.2 Å². The fourth-order valence-electron chi connectivity index (χ4n) is 8.95. The van der Waals surface area contributed by atoms with E-state index in [-0.39, 0.29) is 11.9 Å². The van der Waals surface area contributed by atoms with Gasteiger partial charge in [-0.3, -0.25) is 9.69 Å². The van der Waals surface area contributed by atoms with Crippen molar-refractivity contribution in [1.29, 1.82) is 0 Å². The molecule has 0 bridgehead atoms. The number of allylic oxidation sites excluding steroid dienone is 2. The van der Waals surface area contributed by atoms with Gasteiger partial charge >= 0.3 is 0 Å². The number of unbranched alkanes of at least 4 members (excludes halogenated alkanes) is 22. The summed E-state index contributed by atoms with van der Waals surface area (Å²) in [4.78, 5) is 39.5. The van der Waals surface area contributed by atoms with Crippen LogP contribution in [0.2, 0.25) is 0 Å². The van der Waals surface area contributed by atoms with E-state index in [4.69, 9.17) is 35.9 Å². The van der Waals surface area contributed by atoms with Gasteiger partial charge in [-0.05, 0) is 51.8 Å². The van der Waals surface area contributed by atoms with Gasteiger partial charge < -0.3 is 24.9 Å². The highest BCUT2D eigenvalue weighted by Crippen LogP contribution is 2.35. The number of ether oxygens (including phenoxy) is 1. The number of thioether (sulfide) groups is 1. The molecule has 0 saturated carbocycles. The predicted octanol–water partition coefficient (Wildman–Crippen LogP) is 13.5. The lowest BCUT2D eigenvalue weighted by Gasteiger charge is -2.45. The fraction of sp³-hybridized carbons (Fsp3) is 0.900. The van der Waals surface area contributed by atoms with Gasteiger partial charge in [0.25, 0.3) is 0 Å². The lowest BCUT2D eigenvalue weighted by molar-refractivity contribution is -0.393. The maximum absolute atomic E-state index is 13.9. The van der Waals surface area contributed by atoms with Crippen LogP contribution in [-0.4, -0.2) is 83.1 Å². The Morgan fingerprint density at radius 3 is 1.57 bits per heavy atom. The molecule has 2 fully saturated rings. The molecule has 2 saturated heterocycles. The van der Waals surface area contributed by atoms with Gasteiger partial charge in [0.2, 0.25) is 5.91 Å². The van der Waals surface area contributed by atoms with Crippen LogP contribution in [0.15, 0.2) is 24.7 Å².